The summed E-state index contributed by atoms with van der Waals surface area (Å²) >= 11 is 0. The van der Waals surface area contributed by atoms with Gasteiger partial charge in [0.05, 0.1) is 25.1 Å². The number of methoxy groups -OCH3 is 1. The van der Waals surface area contributed by atoms with Gasteiger partial charge < -0.3 is 14.0 Å². The number of ether oxygens (including phenoxy) is 2. The van der Waals surface area contributed by atoms with Crippen LogP contribution in [0.25, 0.3) is 11.4 Å². The van der Waals surface area contributed by atoms with E-state index >= 15 is 0 Å². The van der Waals surface area contributed by atoms with E-state index < -0.39 is 5.97 Å². The first-order valence-electron chi connectivity index (χ1n) is 7.52. The quantitative estimate of drug-likeness (QED) is 0.812. The molecule has 0 amide bonds. The smallest absolute Gasteiger partial charge is 0.343 e. The van der Waals surface area contributed by atoms with Crippen LogP contribution in [0.15, 0.2) is 29.2 Å². The van der Waals surface area contributed by atoms with Gasteiger partial charge in [0.2, 0.25) is 5.88 Å². The topological polar surface area (TPSA) is 70.4 Å². The van der Waals surface area contributed by atoms with Crippen LogP contribution in [-0.4, -0.2) is 29.2 Å². The molecular weight excluding hydrogens is 296 g/mol. The van der Waals surface area contributed by atoms with E-state index in [2.05, 4.69) is 4.98 Å². The van der Waals surface area contributed by atoms with Crippen LogP contribution in [0.3, 0.4) is 0 Å². The summed E-state index contributed by atoms with van der Waals surface area (Å²) in [4.78, 5) is 28.7. The molecule has 0 spiro atoms. The summed E-state index contributed by atoms with van der Waals surface area (Å²) in [6.45, 7) is 3.98. The summed E-state index contributed by atoms with van der Waals surface area (Å²) < 4.78 is 12.0. The minimum absolute atomic E-state index is 0.0498. The molecule has 1 aliphatic rings. The Morgan fingerprint density at radius 3 is 2.91 bits per heavy atom. The number of hydrogen-bond donors (Lipinski definition) is 0. The number of nitrogens with zero attached hydrogens (tertiary/aromatic N) is 2. The van der Waals surface area contributed by atoms with Crippen LogP contribution in [0.1, 0.15) is 35.8 Å². The minimum Gasteiger partial charge on any atom is -0.481 e. The van der Waals surface area contributed by atoms with E-state index in [4.69, 9.17) is 9.47 Å². The van der Waals surface area contributed by atoms with Crippen molar-refractivity contribution in [3.05, 3.63) is 45.7 Å². The second kappa shape index (κ2) is 5.87. The molecule has 23 heavy (non-hydrogen) atoms. The van der Waals surface area contributed by atoms with E-state index in [1.807, 2.05) is 23.6 Å². The molecule has 0 bridgehead atoms. The van der Waals surface area contributed by atoms with Crippen molar-refractivity contribution in [2.75, 3.05) is 13.7 Å². The Bertz CT molecular complexity index is 826. The van der Waals surface area contributed by atoms with Crippen LogP contribution in [0.2, 0.25) is 0 Å². The largest absolute Gasteiger partial charge is 0.481 e. The fourth-order valence-electron chi connectivity index (χ4n) is 2.85. The second-order valence-electron chi connectivity index (χ2n) is 5.48. The molecule has 0 saturated heterocycles. The maximum absolute atomic E-state index is 12.3. The lowest BCUT2D eigenvalue weighted by Gasteiger charge is -2.27. The Kier molecular flexibility index (Phi) is 3.90. The first-order chi connectivity index (χ1) is 11.0. The van der Waals surface area contributed by atoms with Crippen LogP contribution in [0, 0.1) is 0 Å². The highest BCUT2D eigenvalue weighted by molar-refractivity contribution is 5.89. The highest BCUT2D eigenvalue weighted by atomic mass is 16.5. The van der Waals surface area contributed by atoms with Crippen molar-refractivity contribution >= 4 is 5.97 Å². The van der Waals surface area contributed by atoms with Crippen molar-refractivity contribution < 1.29 is 14.3 Å². The number of esters is 1. The molecule has 0 N–H and O–H groups in total. The molecule has 0 aromatic carbocycles. The molecule has 3 rings (SSSR count). The Morgan fingerprint density at radius 2 is 2.22 bits per heavy atom. The summed E-state index contributed by atoms with van der Waals surface area (Å²) in [5.41, 5.74) is 2.15. The fraction of sp³-hybridized carbons (Fsp3) is 0.353. The SMILES string of the molecule is CCOC(=O)c1cn2c(cc1=O)-c1nc(OC)ccc1CC2C. The summed E-state index contributed by atoms with van der Waals surface area (Å²) in [6.07, 6.45) is 2.34. The number of pyridine rings is 2. The molecule has 0 fully saturated rings. The van der Waals surface area contributed by atoms with E-state index in [9.17, 15) is 9.59 Å². The van der Waals surface area contributed by atoms with Gasteiger partial charge in [0.1, 0.15) is 5.56 Å². The Hall–Kier alpha value is -2.63. The lowest BCUT2D eigenvalue weighted by Crippen LogP contribution is -2.25. The van der Waals surface area contributed by atoms with Crippen LogP contribution in [0.4, 0.5) is 0 Å². The zero-order chi connectivity index (χ0) is 16.6. The average Bonchev–Trinajstić information content (AvgIpc) is 2.54. The summed E-state index contributed by atoms with van der Waals surface area (Å²) in [5.74, 6) is -0.101. The Labute approximate surface area is 133 Å². The summed E-state index contributed by atoms with van der Waals surface area (Å²) in [6, 6.07) is 5.34. The van der Waals surface area contributed by atoms with Gasteiger partial charge in [0.15, 0.2) is 5.43 Å². The van der Waals surface area contributed by atoms with E-state index in [1.54, 1.807) is 20.2 Å². The fourth-order valence-corrected chi connectivity index (χ4v) is 2.85. The van der Waals surface area contributed by atoms with E-state index in [0.717, 1.165) is 17.7 Å². The van der Waals surface area contributed by atoms with Crippen molar-refractivity contribution in [2.24, 2.45) is 0 Å². The molecule has 3 heterocycles. The van der Waals surface area contributed by atoms with Crippen molar-refractivity contribution in [3.8, 4) is 17.3 Å². The van der Waals surface area contributed by atoms with Gasteiger partial charge in [0, 0.05) is 24.4 Å². The lowest BCUT2D eigenvalue weighted by atomic mass is 9.97. The second-order valence-corrected chi connectivity index (χ2v) is 5.48. The third-order valence-electron chi connectivity index (χ3n) is 3.97. The van der Waals surface area contributed by atoms with Crippen molar-refractivity contribution in [3.63, 3.8) is 0 Å². The Balaban J connectivity index is 2.18. The van der Waals surface area contributed by atoms with E-state index in [1.165, 1.54) is 6.07 Å². The number of carbonyl (C=O) groups is 1. The predicted octanol–water partition coefficient (Wildman–Crippen LogP) is 2.21. The zero-order valence-corrected chi connectivity index (χ0v) is 13.3. The molecule has 0 aliphatic carbocycles. The van der Waals surface area contributed by atoms with Crippen LogP contribution < -0.4 is 10.2 Å². The Morgan fingerprint density at radius 1 is 1.43 bits per heavy atom. The summed E-state index contributed by atoms with van der Waals surface area (Å²) in [7, 11) is 1.55. The van der Waals surface area contributed by atoms with Crippen LogP contribution in [-0.2, 0) is 11.2 Å². The van der Waals surface area contributed by atoms with Gasteiger partial charge in [-0.05, 0) is 25.8 Å². The zero-order valence-electron chi connectivity index (χ0n) is 13.3. The number of aromatic nitrogens is 2. The normalized spacial score (nSPS) is 15.5. The number of fused-ring (bicyclic) bond motifs is 3. The number of carbonyl (C=O) groups excluding carboxylic acids is 1. The summed E-state index contributed by atoms with van der Waals surface area (Å²) in [5, 5.41) is 0. The highest BCUT2D eigenvalue weighted by Crippen LogP contribution is 2.33. The maximum Gasteiger partial charge on any atom is 0.343 e. The average molecular weight is 314 g/mol. The van der Waals surface area contributed by atoms with Crippen molar-refractivity contribution in [1.82, 2.24) is 9.55 Å². The maximum atomic E-state index is 12.3. The van der Waals surface area contributed by atoms with E-state index in [0.29, 0.717) is 11.6 Å². The van der Waals surface area contributed by atoms with Gasteiger partial charge in [-0.25, -0.2) is 9.78 Å². The molecule has 120 valence electrons. The molecule has 6 heteroatoms. The molecule has 1 unspecified atom stereocenters. The first-order valence-corrected chi connectivity index (χ1v) is 7.52. The standard InChI is InChI=1S/C17H18N2O4/c1-4-23-17(21)12-9-19-10(2)7-11-5-6-15(22-3)18-16(11)13(19)8-14(12)20/h5-6,8-10H,4,7H2,1-3H3. The number of rotatable bonds is 3. The minimum atomic E-state index is -0.593. The molecular formula is C17H18N2O4. The lowest BCUT2D eigenvalue weighted by molar-refractivity contribution is 0.0523. The van der Waals surface area contributed by atoms with Crippen LogP contribution >= 0.6 is 0 Å². The molecule has 1 aliphatic heterocycles. The van der Waals surface area contributed by atoms with Gasteiger partial charge >= 0.3 is 5.97 Å². The van der Waals surface area contributed by atoms with Gasteiger partial charge in [-0.1, -0.05) is 6.07 Å². The molecule has 2 aromatic rings. The molecule has 0 radical (unpaired) electrons. The molecule has 1 atom stereocenters. The molecule has 2 aromatic heterocycles. The highest BCUT2D eigenvalue weighted by Gasteiger charge is 2.25. The molecule has 0 saturated carbocycles. The monoisotopic (exact) mass is 314 g/mol. The number of hydrogen-bond acceptors (Lipinski definition) is 5. The van der Waals surface area contributed by atoms with Gasteiger partial charge in [0.25, 0.3) is 0 Å². The van der Waals surface area contributed by atoms with Crippen molar-refractivity contribution in [2.45, 2.75) is 26.3 Å². The first kappa shape index (κ1) is 15.3. The van der Waals surface area contributed by atoms with Gasteiger partial charge in [-0.2, -0.15) is 0 Å². The van der Waals surface area contributed by atoms with E-state index in [-0.39, 0.29) is 23.6 Å². The third kappa shape index (κ3) is 2.60. The van der Waals surface area contributed by atoms with Crippen molar-refractivity contribution in [1.29, 1.82) is 0 Å². The molecule has 6 nitrogen and oxygen atoms in total. The predicted molar refractivity (Wildman–Crippen MR) is 84.9 cm³/mol. The third-order valence-corrected chi connectivity index (χ3v) is 3.97. The van der Waals surface area contributed by atoms with Gasteiger partial charge in [-0.3, -0.25) is 4.79 Å². The van der Waals surface area contributed by atoms with Gasteiger partial charge in [-0.15, -0.1) is 0 Å². The van der Waals surface area contributed by atoms with Crippen LogP contribution in [0.5, 0.6) is 5.88 Å².